The van der Waals surface area contributed by atoms with Gasteiger partial charge in [0.1, 0.15) is 0 Å². The van der Waals surface area contributed by atoms with Gasteiger partial charge in [0.2, 0.25) is 0 Å². The van der Waals surface area contributed by atoms with E-state index in [0.29, 0.717) is 0 Å². The summed E-state index contributed by atoms with van der Waals surface area (Å²) in [4.78, 5) is 2.46. The fraction of sp³-hybridized carbons (Fsp3) is 0.278. The molecule has 3 rings (SSSR count). The van der Waals surface area contributed by atoms with Crippen LogP contribution in [-0.2, 0) is 11.3 Å². The quantitative estimate of drug-likeness (QED) is 0.843. The van der Waals surface area contributed by atoms with E-state index in [9.17, 15) is 0 Å². The van der Waals surface area contributed by atoms with E-state index in [0.717, 1.165) is 26.2 Å². The van der Waals surface area contributed by atoms with Crippen molar-refractivity contribution >= 4 is 0 Å². The first kappa shape index (κ1) is 13.3. The summed E-state index contributed by atoms with van der Waals surface area (Å²) in [5.41, 5.74) is 2.60. The predicted octanol–water partition coefficient (Wildman–Crippen LogP) is 3.14. The van der Waals surface area contributed by atoms with E-state index in [1.54, 1.807) is 0 Å². The molecule has 1 heterocycles. The van der Waals surface area contributed by atoms with E-state index in [-0.39, 0.29) is 6.10 Å². The van der Waals surface area contributed by atoms with Gasteiger partial charge in [0.15, 0.2) is 0 Å². The molecule has 1 aliphatic rings. The molecule has 2 aromatic rings. The minimum Gasteiger partial charge on any atom is -0.375 e. The molecule has 2 aromatic carbocycles. The summed E-state index contributed by atoms with van der Waals surface area (Å²) in [6, 6.07) is 21.1. The summed E-state index contributed by atoms with van der Waals surface area (Å²) in [5, 5.41) is 0. The van der Waals surface area contributed by atoms with Crippen LogP contribution in [-0.4, -0.2) is 30.7 Å². The van der Waals surface area contributed by atoms with Crippen LogP contribution >= 0.6 is 0 Å². The molecule has 1 atom stereocenters. The molecule has 103 valence electrons. The summed E-state index contributed by atoms with van der Waals surface area (Å²) in [7, 11) is 0. The van der Waals surface area contributed by atoms with E-state index < -0.39 is 0 Å². The standard InChI is InChI=1S/C18H20NO/c1-3-7-16(8-4-1)13-18-15-19(11-12-20-18)14-17-9-5-2-6-10-17/h1-10,13,18H,11-12,14-15H2/t18-/m0/s1. The van der Waals surface area contributed by atoms with Gasteiger partial charge in [0, 0.05) is 26.1 Å². The van der Waals surface area contributed by atoms with E-state index in [2.05, 4.69) is 65.9 Å². The van der Waals surface area contributed by atoms with Gasteiger partial charge < -0.3 is 4.74 Å². The maximum absolute atomic E-state index is 5.85. The van der Waals surface area contributed by atoms with Gasteiger partial charge in [0.05, 0.1) is 12.7 Å². The highest BCUT2D eigenvalue weighted by molar-refractivity contribution is 5.24. The van der Waals surface area contributed by atoms with Crippen LogP contribution in [0.1, 0.15) is 11.1 Å². The maximum atomic E-state index is 5.85. The average Bonchev–Trinajstić information content (AvgIpc) is 2.50. The zero-order valence-electron chi connectivity index (χ0n) is 11.6. The first-order valence-corrected chi connectivity index (χ1v) is 7.18. The number of hydrogen-bond donors (Lipinski definition) is 0. The lowest BCUT2D eigenvalue weighted by atomic mass is 10.1. The maximum Gasteiger partial charge on any atom is 0.0777 e. The first-order valence-electron chi connectivity index (χ1n) is 7.18. The smallest absolute Gasteiger partial charge is 0.0777 e. The van der Waals surface area contributed by atoms with E-state index in [4.69, 9.17) is 4.74 Å². The monoisotopic (exact) mass is 266 g/mol. The van der Waals surface area contributed by atoms with Gasteiger partial charge >= 0.3 is 0 Å². The Morgan fingerprint density at radius 2 is 1.70 bits per heavy atom. The van der Waals surface area contributed by atoms with Crippen LogP contribution in [0.2, 0.25) is 0 Å². The molecule has 0 saturated carbocycles. The number of hydrogen-bond acceptors (Lipinski definition) is 2. The van der Waals surface area contributed by atoms with Crippen LogP contribution < -0.4 is 0 Å². The largest absolute Gasteiger partial charge is 0.375 e. The Morgan fingerprint density at radius 3 is 2.45 bits per heavy atom. The molecule has 0 amide bonds. The van der Waals surface area contributed by atoms with Crippen LogP contribution in [0.15, 0.2) is 60.7 Å². The summed E-state index contributed by atoms with van der Waals surface area (Å²) < 4.78 is 5.85. The van der Waals surface area contributed by atoms with Crippen molar-refractivity contribution in [2.24, 2.45) is 0 Å². The molecular formula is C18H20NO. The van der Waals surface area contributed by atoms with Crippen LogP contribution in [0.25, 0.3) is 0 Å². The van der Waals surface area contributed by atoms with Gasteiger partial charge in [-0.25, -0.2) is 0 Å². The fourth-order valence-electron chi connectivity index (χ4n) is 2.60. The van der Waals surface area contributed by atoms with Gasteiger partial charge in [-0.1, -0.05) is 60.7 Å². The molecule has 2 heteroatoms. The molecule has 2 nitrogen and oxygen atoms in total. The lowest BCUT2D eigenvalue weighted by Crippen LogP contribution is -2.42. The molecule has 0 N–H and O–H groups in total. The number of nitrogens with zero attached hydrogens (tertiary/aromatic N) is 1. The van der Waals surface area contributed by atoms with Crippen molar-refractivity contribution < 1.29 is 4.74 Å². The number of ether oxygens (including phenoxy) is 1. The summed E-state index contributed by atoms with van der Waals surface area (Å²) in [6.07, 6.45) is 2.41. The summed E-state index contributed by atoms with van der Waals surface area (Å²) in [6.45, 7) is 3.78. The molecule has 0 spiro atoms. The Kier molecular flexibility index (Phi) is 4.46. The van der Waals surface area contributed by atoms with Crippen molar-refractivity contribution in [3.05, 3.63) is 78.2 Å². The van der Waals surface area contributed by atoms with E-state index in [1.165, 1.54) is 11.1 Å². The summed E-state index contributed by atoms with van der Waals surface area (Å²) in [5.74, 6) is 0. The normalized spacial score (nSPS) is 19.9. The average molecular weight is 266 g/mol. The molecule has 1 fully saturated rings. The Balaban J connectivity index is 1.57. The molecule has 0 aromatic heterocycles. The van der Waals surface area contributed by atoms with Crippen molar-refractivity contribution in [3.63, 3.8) is 0 Å². The number of rotatable bonds is 4. The molecule has 0 bridgehead atoms. The Bertz CT molecular complexity index is 464. The topological polar surface area (TPSA) is 12.5 Å². The zero-order chi connectivity index (χ0) is 13.6. The second-order valence-corrected chi connectivity index (χ2v) is 5.21. The molecule has 20 heavy (non-hydrogen) atoms. The van der Waals surface area contributed by atoms with Gasteiger partial charge in [-0.05, 0) is 11.1 Å². The van der Waals surface area contributed by atoms with E-state index >= 15 is 0 Å². The van der Waals surface area contributed by atoms with Gasteiger partial charge in [-0.2, -0.15) is 0 Å². The first-order chi connectivity index (χ1) is 9.90. The van der Waals surface area contributed by atoms with Gasteiger partial charge in [-0.15, -0.1) is 0 Å². The van der Waals surface area contributed by atoms with Crippen LogP contribution in [0.4, 0.5) is 0 Å². The Labute approximate surface area is 121 Å². The SMILES string of the molecule is [CH](c1ccccc1)[C@H]1CN(Cc2ccccc2)CCO1. The molecular weight excluding hydrogens is 246 g/mol. The highest BCUT2D eigenvalue weighted by Gasteiger charge is 2.20. The minimum atomic E-state index is 0.190. The lowest BCUT2D eigenvalue weighted by Gasteiger charge is -2.32. The van der Waals surface area contributed by atoms with Gasteiger partial charge in [0.25, 0.3) is 0 Å². The lowest BCUT2D eigenvalue weighted by molar-refractivity contribution is -0.0128. The third kappa shape index (κ3) is 3.69. The van der Waals surface area contributed by atoms with Crippen molar-refractivity contribution in [1.29, 1.82) is 0 Å². The molecule has 1 saturated heterocycles. The van der Waals surface area contributed by atoms with E-state index in [1.807, 2.05) is 6.07 Å². The van der Waals surface area contributed by atoms with Crippen molar-refractivity contribution in [2.75, 3.05) is 19.7 Å². The highest BCUT2D eigenvalue weighted by atomic mass is 16.5. The minimum absolute atomic E-state index is 0.190. The second-order valence-electron chi connectivity index (χ2n) is 5.21. The Hall–Kier alpha value is -1.64. The third-order valence-corrected chi connectivity index (χ3v) is 3.60. The van der Waals surface area contributed by atoms with Crippen molar-refractivity contribution in [1.82, 2.24) is 4.90 Å². The molecule has 1 radical (unpaired) electrons. The van der Waals surface area contributed by atoms with Crippen LogP contribution in [0, 0.1) is 6.42 Å². The van der Waals surface area contributed by atoms with Gasteiger partial charge in [-0.3, -0.25) is 4.90 Å². The second kappa shape index (κ2) is 6.69. The number of morpholine rings is 1. The third-order valence-electron chi connectivity index (χ3n) is 3.60. The molecule has 0 aliphatic carbocycles. The molecule has 0 unspecified atom stereocenters. The number of benzene rings is 2. The van der Waals surface area contributed by atoms with Crippen LogP contribution in [0.5, 0.6) is 0 Å². The van der Waals surface area contributed by atoms with Crippen molar-refractivity contribution in [2.45, 2.75) is 12.6 Å². The Morgan fingerprint density at radius 1 is 1.00 bits per heavy atom. The predicted molar refractivity (Wildman–Crippen MR) is 81.3 cm³/mol. The summed E-state index contributed by atoms with van der Waals surface area (Å²) >= 11 is 0. The molecule has 1 aliphatic heterocycles. The fourth-order valence-corrected chi connectivity index (χ4v) is 2.60. The van der Waals surface area contributed by atoms with Crippen LogP contribution in [0.3, 0.4) is 0 Å². The highest BCUT2D eigenvalue weighted by Crippen LogP contribution is 2.15. The zero-order valence-corrected chi connectivity index (χ0v) is 11.6. The van der Waals surface area contributed by atoms with Crippen molar-refractivity contribution in [3.8, 4) is 0 Å².